The van der Waals surface area contributed by atoms with E-state index in [4.69, 9.17) is 4.98 Å². The molecule has 1 aliphatic rings. The van der Waals surface area contributed by atoms with Crippen LogP contribution < -0.4 is 10.2 Å². The van der Waals surface area contributed by atoms with E-state index < -0.39 is 0 Å². The average Bonchev–Trinajstić information content (AvgIpc) is 2.94. The lowest BCUT2D eigenvalue weighted by Crippen LogP contribution is -2.46. The lowest BCUT2D eigenvalue weighted by atomic mass is 10.1. The molecule has 0 bridgehead atoms. The number of rotatable bonds is 8. The van der Waals surface area contributed by atoms with Gasteiger partial charge in [-0.25, -0.2) is 14.4 Å². The van der Waals surface area contributed by atoms with Gasteiger partial charge in [-0.15, -0.1) is 0 Å². The number of nitrogens with one attached hydrogen (secondary N) is 1. The van der Waals surface area contributed by atoms with Crippen molar-refractivity contribution in [2.45, 2.75) is 24.4 Å². The van der Waals surface area contributed by atoms with Gasteiger partial charge in [0.25, 0.3) is 5.91 Å². The minimum atomic E-state index is -0.339. The number of carbonyl (C=O) groups excluding carboxylic acids is 1. The van der Waals surface area contributed by atoms with E-state index >= 15 is 0 Å². The maximum absolute atomic E-state index is 13.1. The van der Waals surface area contributed by atoms with Gasteiger partial charge in [0.2, 0.25) is 0 Å². The first-order valence-corrected chi connectivity index (χ1v) is 13.7. The zero-order chi connectivity index (χ0) is 26.3. The highest BCUT2D eigenvalue weighted by molar-refractivity contribution is 7.98. The van der Waals surface area contributed by atoms with Crippen molar-refractivity contribution in [3.8, 4) is 0 Å². The third kappa shape index (κ3) is 6.96. The van der Waals surface area contributed by atoms with E-state index in [1.165, 1.54) is 17.7 Å². The smallest absolute Gasteiger partial charge is 0.255 e. The van der Waals surface area contributed by atoms with Crippen LogP contribution in [0.1, 0.15) is 27.2 Å². The van der Waals surface area contributed by atoms with Crippen LogP contribution in [0.5, 0.6) is 0 Å². The summed E-state index contributed by atoms with van der Waals surface area (Å²) in [7, 11) is 0. The Labute approximate surface area is 226 Å². The fourth-order valence-electron chi connectivity index (χ4n) is 4.42. The molecule has 6 nitrogen and oxygen atoms in total. The number of amides is 1. The summed E-state index contributed by atoms with van der Waals surface area (Å²) in [4.78, 5) is 27.0. The number of piperazine rings is 1. The van der Waals surface area contributed by atoms with Gasteiger partial charge in [-0.1, -0.05) is 54.2 Å². The van der Waals surface area contributed by atoms with Gasteiger partial charge < -0.3 is 10.2 Å². The Morgan fingerprint density at radius 3 is 2.39 bits per heavy atom. The van der Waals surface area contributed by atoms with Crippen molar-refractivity contribution in [3.05, 3.63) is 113 Å². The van der Waals surface area contributed by atoms with E-state index in [0.717, 1.165) is 55.0 Å². The van der Waals surface area contributed by atoms with E-state index in [1.54, 1.807) is 30.0 Å². The summed E-state index contributed by atoms with van der Waals surface area (Å²) in [6.45, 7) is 6.82. The number of benzene rings is 3. The van der Waals surface area contributed by atoms with Gasteiger partial charge in [0.05, 0.1) is 0 Å². The molecule has 1 aromatic heterocycles. The van der Waals surface area contributed by atoms with Gasteiger partial charge in [0, 0.05) is 61.5 Å². The Morgan fingerprint density at radius 2 is 1.63 bits per heavy atom. The van der Waals surface area contributed by atoms with Crippen molar-refractivity contribution in [1.29, 1.82) is 0 Å². The topological polar surface area (TPSA) is 61.4 Å². The first-order chi connectivity index (χ1) is 18.5. The minimum Gasteiger partial charge on any atom is -0.354 e. The van der Waals surface area contributed by atoms with Gasteiger partial charge in [-0.3, -0.25) is 9.69 Å². The van der Waals surface area contributed by atoms with E-state index in [9.17, 15) is 9.18 Å². The third-order valence-corrected chi connectivity index (χ3v) is 7.34. The number of hydrogen-bond donors (Lipinski definition) is 1. The molecule has 0 unspecified atom stereocenters. The molecule has 1 amide bonds. The maximum Gasteiger partial charge on any atom is 0.255 e. The van der Waals surface area contributed by atoms with Crippen LogP contribution >= 0.6 is 11.8 Å². The van der Waals surface area contributed by atoms with Crippen LogP contribution in [0.15, 0.2) is 90.1 Å². The Morgan fingerprint density at radius 1 is 0.895 bits per heavy atom. The highest BCUT2D eigenvalue weighted by atomic mass is 32.2. The number of carbonyl (C=O) groups is 1. The van der Waals surface area contributed by atoms with Crippen molar-refractivity contribution < 1.29 is 9.18 Å². The second-order valence-corrected chi connectivity index (χ2v) is 10.3. The van der Waals surface area contributed by atoms with Crippen LogP contribution in [0, 0.1) is 12.7 Å². The van der Waals surface area contributed by atoms with Crippen LogP contribution in [0.25, 0.3) is 0 Å². The number of halogens is 1. The monoisotopic (exact) mass is 527 g/mol. The predicted molar refractivity (Wildman–Crippen MR) is 151 cm³/mol. The minimum absolute atomic E-state index is 0.232. The first kappa shape index (κ1) is 25.9. The number of aryl methyl sites for hydroxylation is 1. The number of thioether (sulfide) groups is 1. The average molecular weight is 528 g/mol. The van der Waals surface area contributed by atoms with Crippen molar-refractivity contribution >= 4 is 29.2 Å². The number of nitrogens with zero attached hydrogens (tertiary/aromatic N) is 4. The summed E-state index contributed by atoms with van der Waals surface area (Å²) in [6.07, 6.45) is 0. The Hall–Kier alpha value is -3.75. The second kappa shape index (κ2) is 12.2. The van der Waals surface area contributed by atoms with E-state index in [1.807, 2.05) is 25.1 Å². The normalized spacial score (nSPS) is 13.9. The Bertz CT molecular complexity index is 1380. The fraction of sp³-hybridized carbons (Fsp3) is 0.233. The quantitative estimate of drug-likeness (QED) is 0.231. The summed E-state index contributed by atoms with van der Waals surface area (Å²) in [5.74, 6) is 1.04. The van der Waals surface area contributed by atoms with Crippen LogP contribution in [-0.4, -0.2) is 47.0 Å². The molecule has 5 rings (SSSR count). The van der Waals surface area contributed by atoms with Crippen LogP contribution in [-0.2, 0) is 12.3 Å². The molecular weight excluding hydrogens is 497 g/mol. The molecule has 0 atom stereocenters. The second-order valence-electron chi connectivity index (χ2n) is 9.35. The number of aromatic nitrogens is 2. The molecule has 0 spiro atoms. The molecule has 0 radical (unpaired) electrons. The lowest BCUT2D eigenvalue weighted by molar-refractivity contribution is 0.102. The number of anilines is 2. The highest BCUT2D eigenvalue weighted by Gasteiger charge is 2.19. The molecule has 1 saturated heterocycles. The molecule has 194 valence electrons. The molecule has 1 aliphatic heterocycles. The van der Waals surface area contributed by atoms with Crippen molar-refractivity contribution in [2.24, 2.45) is 0 Å². The van der Waals surface area contributed by atoms with E-state index in [2.05, 4.69) is 56.5 Å². The first-order valence-electron chi connectivity index (χ1n) is 12.7. The zero-order valence-corrected chi connectivity index (χ0v) is 22.1. The van der Waals surface area contributed by atoms with Crippen molar-refractivity contribution in [2.75, 3.05) is 36.4 Å². The predicted octanol–water partition coefficient (Wildman–Crippen LogP) is 5.79. The zero-order valence-electron chi connectivity index (χ0n) is 21.3. The van der Waals surface area contributed by atoms with Crippen molar-refractivity contribution in [3.63, 3.8) is 0 Å². The molecule has 1 N–H and O–H groups in total. The van der Waals surface area contributed by atoms with Gasteiger partial charge >= 0.3 is 0 Å². The molecular formula is C30H30FN5OS. The molecule has 8 heteroatoms. The van der Waals surface area contributed by atoms with Gasteiger partial charge in [0.15, 0.2) is 5.16 Å². The molecule has 3 aromatic carbocycles. The summed E-state index contributed by atoms with van der Waals surface area (Å²) < 4.78 is 13.1. The van der Waals surface area contributed by atoms with Crippen LogP contribution in [0.4, 0.5) is 15.9 Å². The summed E-state index contributed by atoms with van der Waals surface area (Å²) in [5.41, 5.74) is 4.39. The van der Waals surface area contributed by atoms with E-state index in [0.29, 0.717) is 17.0 Å². The largest absolute Gasteiger partial charge is 0.354 e. The third-order valence-electron chi connectivity index (χ3n) is 6.42. The van der Waals surface area contributed by atoms with Gasteiger partial charge in [-0.2, -0.15) is 0 Å². The standard InChI is InChI=1S/C30H30FN5OS/c1-22-18-28(36-16-14-35(15-17-36)20-23-6-3-2-4-7-23)34-30(32-22)38-21-24-8-5-9-25(19-24)29(37)33-27-12-10-26(31)11-13-27/h2-13,18-19H,14-17,20-21H2,1H3,(H,33,37). The molecule has 4 aromatic rings. The molecule has 1 fully saturated rings. The van der Waals surface area contributed by atoms with Crippen LogP contribution in [0.2, 0.25) is 0 Å². The Kier molecular flexibility index (Phi) is 8.31. The van der Waals surface area contributed by atoms with Gasteiger partial charge in [-0.05, 0) is 54.4 Å². The summed E-state index contributed by atoms with van der Waals surface area (Å²) in [6, 6.07) is 25.9. The molecule has 2 heterocycles. The van der Waals surface area contributed by atoms with Crippen LogP contribution in [0.3, 0.4) is 0 Å². The maximum atomic E-state index is 13.1. The summed E-state index contributed by atoms with van der Waals surface area (Å²) in [5, 5.41) is 3.54. The lowest BCUT2D eigenvalue weighted by Gasteiger charge is -2.35. The Balaban J connectivity index is 1.18. The van der Waals surface area contributed by atoms with Gasteiger partial charge in [0.1, 0.15) is 11.6 Å². The summed E-state index contributed by atoms with van der Waals surface area (Å²) >= 11 is 1.56. The molecule has 38 heavy (non-hydrogen) atoms. The molecule has 0 saturated carbocycles. The van der Waals surface area contributed by atoms with E-state index in [-0.39, 0.29) is 11.7 Å². The number of hydrogen-bond acceptors (Lipinski definition) is 6. The van der Waals surface area contributed by atoms with Crippen molar-refractivity contribution in [1.82, 2.24) is 14.9 Å². The SMILES string of the molecule is Cc1cc(N2CCN(Cc3ccccc3)CC2)nc(SCc2cccc(C(=O)Nc3ccc(F)cc3)c2)n1. The fourth-order valence-corrected chi connectivity index (χ4v) is 5.26. The molecule has 0 aliphatic carbocycles. The highest BCUT2D eigenvalue weighted by Crippen LogP contribution is 2.24.